The van der Waals surface area contributed by atoms with Crippen molar-refractivity contribution in [3.05, 3.63) is 182 Å². The summed E-state index contributed by atoms with van der Waals surface area (Å²) < 4.78 is 0. The third kappa shape index (κ3) is 9.63. The molecular weight excluding hydrogens is 1000 g/mol. The average molecular weight is 1090 g/mol. The molecule has 2 aromatic heterocycles. The van der Waals surface area contributed by atoms with Crippen molar-refractivity contribution in [3.63, 3.8) is 0 Å². The topological polar surface area (TPSA) is 106 Å². The Morgan fingerprint density at radius 1 is 0.244 bits per heavy atom. The molecule has 0 saturated heterocycles. The highest BCUT2D eigenvalue weighted by molar-refractivity contribution is 6.39. The van der Waals surface area contributed by atoms with Gasteiger partial charge in [0.15, 0.2) is 0 Å². The van der Waals surface area contributed by atoms with E-state index >= 15 is 0 Å². The highest BCUT2D eigenvalue weighted by atomic mass is 14.9. The van der Waals surface area contributed by atoms with E-state index in [9.17, 15) is 0 Å². The Morgan fingerprint density at radius 3 is 0.671 bits per heavy atom. The fraction of sp³-hybridized carbons (Fsp3) is 0.432. The van der Waals surface area contributed by atoms with Crippen LogP contribution in [-0.2, 0) is 25.7 Å². The Kier molecular flexibility index (Phi) is 17.3. The molecule has 0 fully saturated rings. The predicted molar refractivity (Wildman–Crippen MR) is 354 cm³/mol. The zero-order valence-electron chi connectivity index (χ0n) is 52.6. The number of rotatable bonds is 17. The van der Waals surface area contributed by atoms with Gasteiger partial charge in [0, 0.05) is 33.9 Å². The van der Waals surface area contributed by atoms with Crippen molar-refractivity contribution in [1.82, 2.24) is 9.97 Å². The van der Waals surface area contributed by atoms with E-state index in [1.807, 2.05) is 0 Å². The monoisotopic (exact) mass is 1090 g/mol. The number of hydrogen-bond donors (Lipinski definition) is 2. The molecule has 0 radical (unpaired) electrons. The summed E-state index contributed by atoms with van der Waals surface area (Å²) in [7, 11) is 0. The second-order valence-corrected chi connectivity index (χ2v) is 22.4. The van der Waals surface area contributed by atoms with Crippen LogP contribution in [0, 0.1) is 0 Å². The zero-order valence-corrected chi connectivity index (χ0v) is 52.6. The van der Waals surface area contributed by atoms with E-state index < -0.39 is 0 Å². The third-order valence-corrected chi connectivity index (χ3v) is 18.5. The van der Waals surface area contributed by atoms with E-state index in [2.05, 4.69) is 169 Å². The lowest BCUT2D eigenvalue weighted by Gasteiger charge is -2.16. The minimum absolute atomic E-state index is 0.829. The first-order valence-corrected chi connectivity index (χ1v) is 32.0. The number of aliphatic imine (C=N–C) groups is 6. The molecule has 2 N–H and O–H groups in total. The Hall–Kier alpha value is -7.06. The molecule has 8 aliphatic rings. The molecule has 16 bridgehead atoms. The number of hydrogen-bond acceptors (Lipinski definition) is 6. The van der Waals surface area contributed by atoms with Gasteiger partial charge in [-0.2, -0.15) is 0 Å². The largest absolute Gasteiger partial charge is 0.355 e. The normalized spacial score (nSPS) is 19.9. The lowest BCUT2D eigenvalue weighted by atomic mass is 9.86. The van der Waals surface area contributed by atoms with Crippen LogP contribution in [0.3, 0.4) is 0 Å². The van der Waals surface area contributed by atoms with Gasteiger partial charge in [0.1, 0.15) is 0 Å². The van der Waals surface area contributed by atoms with Gasteiger partial charge in [-0.25, -0.2) is 30.0 Å². The highest BCUT2D eigenvalue weighted by Crippen LogP contribution is 2.45. The summed E-state index contributed by atoms with van der Waals surface area (Å²) in [5, 5.41) is 0. The van der Waals surface area contributed by atoms with Crippen LogP contribution in [-0.4, -0.2) is 44.2 Å². The average Bonchev–Trinajstić information content (AvgIpc) is 4.54. The maximum Gasteiger partial charge on any atom is 0.0766 e. The summed E-state index contributed by atoms with van der Waals surface area (Å²) in [6.07, 6.45) is 32.8. The second kappa shape index (κ2) is 24.4. The molecule has 0 spiro atoms. The molecule has 426 valence electrons. The summed E-state index contributed by atoms with van der Waals surface area (Å²) in [5.41, 5.74) is 39.8. The molecule has 8 nitrogen and oxygen atoms in total. The first-order chi connectivity index (χ1) is 39.9. The molecule has 82 heavy (non-hydrogen) atoms. The van der Waals surface area contributed by atoms with Gasteiger partial charge in [0.2, 0.25) is 0 Å². The molecule has 0 unspecified atom stereocenters. The lowest BCUT2D eigenvalue weighted by Crippen LogP contribution is -2.17. The predicted octanol–water partition coefficient (Wildman–Crippen LogP) is 19.7. The molecule has 10 rings (SSSR count). The van der Waals surface area contributed by atoms with Gasteiger partial charge < -0.3 is 9.97 Å². The van der Waals surface area contributed by atoms with Gasteiger partial charge >= 0.3 is 0 Å². The van der Waals surface area contributed by atoms with Crippen molar-refractivity contribution in [2.75, 3.05) is 0 Å². The zero-order chi connectivity index (χ0) is 58.3. The maximum atomic E-state index is 5.87. The van der Waals surface area contributed by atoms with E-state index in [1.165, 1.54) is 89.1 Å². The SMILES string of the molecule is CCC1=C(CC)C2=NC1=Cc1[nH]c(c(CC)c1CC)C=C1N=C(C(CC)=C1CC)/C(=C\C=C1\C3=NC(=CC4=NC(=Cc5[nH]c(c(CC)c5CC)C=C5N=C1C(CC)=C5CC)C(CC)=C4CC)C(CC)=C3CC)C1=NC(=C2)C(CC)=C1CC. The molecule has 0 saturated carbocycles. The van der Waals surface area contributed by atoms with Gasteiger partial charge in [0.05, 0.1) is 68.5 Å². The summed E-state index contributed by atoms with van der Waals surface area (Å²) in [6, 6.07) is 0. The van der Waals surface area contributed by atoms with E-state index in [0.717, 1.165) is 205 Å². The summed E-state index contributed by atoms with van der Waals surface area (Å²) in [5.74, 6) is 0. The summed E-state index contributed by atoms with van der Waals surface area (Å²) >= 11 is 0. The van der Waals surface area contributed by atoms with Crippen molar-refractivity contribution in [2.24, 2.45) is 30.0 Å². The first-order valence-electron chi connectivity index (χ1n) is 32.0. The maximum absolute atomic E-state index is 5.87. The van der Waals surface area contributed by atoms with E-state index in [4.69, 9.17) is 30.0 Å². The molecule has 8 aliphatic heterocycles. The summed E-state index contributed by atoms with van der Waals surface area (Å²) in [6.45, 7) is 36.6. The van der Waals surface area contributed by atoms with Crippen LogP contribution in [0.15, 0.2) is 166 Å². The van der Waals surface area contributed by atoms with Crippen LogP contribution < -0.4 is 0 Å². The number of H-pyrrole nitrogens is 2. The van der Waals surface area contributed by atoms with Gasteiger partial charge in [-0.15, -0.1) is 0 Å². The smallest absolute Gasteiger partial charge is 0.0766 e. The number of nitrogens with zero attached hydrogens (tertiary/aromatic N) is 6. The number of allylic oxidation sites excluding steroid dienone is 18. The number of nitrogens with one attached hydrogen (secondary N) is 2. The Morgan fingerprint density at radius 2 is 0.451 bits per heavy atom. The van der Waals surface area contributed by atoms with Crippen LogP contribution in [0.25, 0.3) is 24.3 Å². The van der Waals surface area contributed by atoms with Gasteiger partial charge in [-0.05, 0) is 240 Å². The van der Waals surface area contributed by atoms with Crippen molar-refractivity contribution in [2.45, 2.75) is 214 Å². The van der Waals surface area contributed by atoms with Crippen molar-refractivity contribution >= 4 is 58.6 Å². The standard InChI is InChI=1S/C74H90N8/c1-17-41-45(21-5)63-37-67-49(25-9)53(29-13)71(79-67)57(72-54(30-14)50(26-10)68(80-72)38-64-46(22-6)42(18-2)60(76-64)35-59(41)75-63)33-34-58-73-55(31-15)51(27-11)69(81-73)39-65-47(23-7)43(19-3)61(77-65)36-62-44(20-4)48(24-8)66(78-62)40-70-52(28-12)56(32-16)74(58)82-70/h33-40,75,77H,17-32H2,1-16H3/b57-33+,58-34+,60-35?,62-36?,67-37?,68-38?,69-39?,70-40?. The second-order valence-electron chi connectivity index (χ2n) is 22.4. The number of aromatic amines is 2. The molecular formula is C74H90N8. The Balaban J connectivity index is 1.34. The van der Waals surface area contributed by atoms with Crippen molar-refractivity contribution < 1.29 is 0 Å². The third-order valence-electron chi connectivity index (χ3n) is 18.5. The van der Waals surface area contributed by atoms with Crippen LogP contribution in [0.5, 0.6) is 0 Å². The minimum atomic E-state index is 0.829. The van der Waals surface area contributed by atoms with Crippen LogP contribution in [0.4, 0.5) is 0 Å². The lowest BCUT2D eigenvalue weighted by molar-refractivity contribution is 1.04. The minimum Gasteiger partial charge on any atom is -0.355 e. The van der Waals surface area contributed by atoms with Gasteiger partial charge in [-0.3, -0.25) is 0 Å². The fourth-order valence-electron chi connectivity index (χ4n) is 14.7. The number of aromatic nitrogens is 2. The molecule has 2 aromatic rings. The Bertz CT molecular complexity index is 3500. The Labute approximate surface area is 491 Å². The molecule has 0 atom stereocenters. The van der Waals surface area contributed by atoms with E-state index in [1.54, 1.807) is 0 Å². The van der Waals surface area contributed by atoms with Crippen LogP contribution >= 0.6 is 0 Å². The molecule has 0 aliphatic carbocycles. The van der Waals surface area contributed by atoms with Gasteiger partial charge in [0.25, 0.3) is 0 Å². The molecule has 0 aromatic carbocycles. The molecule has 8 heteroatoms. The number of fused-ring (bicyclic) bond motifs is 10. The summed E-state index contributed by atoms with van der Waals surface area (Å²) in [4.78, 5) is 42.4. The first kappa shape index (κ1) is 58.1. The van der Waals surface area contributed by atoms with Crippen molar-refractivity contribution in [3.8, 4) is 0 Å². The van der Waals surface area contributed by atoms with E-state index in [0.29, 0.717) is 0 Å². The molecule has 0 amide bonds. The van der Waals surface area contributed by atoms with Crippen molar-refractivity contribution in [1.29, 1.82) is 0 Å². The fourth-order valence-corrected chi connectivity index (χ4v) is 14.7. The van der Waals surface area contributed by atoms with Crippen LogP contribution in [0.1, 0.15) is 233 Å². The van der Waals surface area contributed by atoms with Gasteiger partial charge in [-0.1, -0.05) is 111 Å². The highest BCUT2D eigenvalue weighted by Gasteiger charge is 2.36. The van der Waals surface area contributed by atoms with E-state index in [-0.39, 0.29) is 0 Å². The molecule has 10 heterocycles. The van der Waals surface area contributed by atoms with Crippen LogP contribution in [0.2, 0.25) is 0 Å². The quantitative estimate of drug-likeness (QED) is 0.158.